The Labute approximate surface area is 89.7 Å². The summed E-state index contributed by atoms with van der Waals surface area (Å²) in [6.45, 7) is 1.58. The van der Waals surface area contributed by atoms with Gasteiger partial charge in [-0.3, -0.25) is 4.79 Å². The van der Waals surface area contributed by atoms with Gasteiger partial charge in [-0.2, -0.15) is 0 Å². The van der Waals surface area contributed by atoms with Crippen LogP contribution in [0.25, 0.3) is 0 Å². The summed E-state index contributed by atoms with van der Waals surface area (Å²) in [7, 11) is 0. The summed E-state index contributed by atoms with van der Waals surface area (Å²) < 4.78 is 5.71. The molecule has 2 bridgehead atoms. The first-order valence-electron chi connectivity index (χ1n) is 5.94. The van der Waals surface area contributed by atoms with Crippen molar-refractivity contribution in [1.82, 2.24) is 4.90 Å². The quantitative estimate of drug-likeness (QED) is 0.668. The molecule has 0 spiro atoms. The van der Waals surface area contributed by atoms with Gasteiger partial charge in [0, 0.05) is 19.1 Å². The minimum atomic E-state index is 0.133. The summed E-state index contributed by atoms with van der Waals surface area (Å²) in [6, 6.07) is 0.188. The highest BCUT2D eigenvalue weighted by atomic mass is 16.5. The molecule has 15 heavy (non-hydrogen) atoms. The maximum absolute atomic E-state index is 12.2. The Hall–Kier alpha value is -0.610. The smallest absolute Gasteiger partial charge is 0.228 e. The molecule has 3 aliphatic rings. The summed E-state index contributed by atoms with van der Waals surface area (Å²) in [5.41, 5.74) is 5.81. The van der Waals surface area contributed by atoms with Crippen molar-refractivity contribution in [2.24, 2.45) is 11.7 Å². The molecule has 0 aliphatic carbocycles. The van der Waals surface area contributed by atoms with Crippen LogP contribution in [-0.2, 0) is 9.53 Å². The fraction of sp³-hybridized carbons (Fsp3) is 0.909. The fourth-order valence-electron chi connectivity index (χ4n) is 3.12. The predicted molar refractivity (Wildman–Crippen MR) is 55.2 cm³/mol. The number of amides is 1. The third-order valence-electron chi connectivity index (χ3n) is 3.96. The number of fused-ring (bicyclic) bond motifs is 2. The minimum Gasteiger partial charge on any atom is -0.374 e. The molecule has 0 radical (unpaired) electrons. The van der Waals surface area contributed by atoms with Gasteiger partial charge in [-0.05, 0) is 25.7 Å². The Balaban J connectivity index is 1.65. The van der Waals surface area contributed by atoms with Crippen LogP contribution in [0.5, 0.6) is 0 Å². The van der Waals surface area contributed by atoms with Gasteiger partial charge in [0.15, 0.2) is 0 Å². The number of likely N-dealkylation sites (tertiary alicyclic amines) is 1. The lowest BCUT2D eigenvalue weighted by Crippen LogP contribution is -2.39. The Bertz CT molecular complexity index is 282. The van der Waals surface area contributed by atoms with Crippen LogP contribution in [0, 0.1) is 5.92 Å². The number of rotatable bonds is 1. The van der Waals surface area contributed by atoms with E-state index in [9.17, 15) is 4.79 Å². The van der Waals surface area contributed by atoms with Gasteiger partial charge in [-0.15, -0.1) is 0 Å². The van der Waals surface area contributed by atoms with Crippen LogP contribution < -0.4 is 5.73 Å². The van der Waals surface area contributed by atoms with E-state index in [1.165, 1.54) is 0 Å². The van der Waals surface area contributed by atoms with Crippen LogP contribution >= 0.6 is 0 Å². The first-order valence-corrected chi connectivity index (χ1v) is 5.94. The molecule has 3 saturated heterocycles. The van der Waals surface area contributed by atoms with Gasteiger partial charge in [0.05, 0.1) is 18.1 Å². The maximum atomic E-state index is 12.2. The summed E-state index contributed by atoms with van der Waals surface area (Å²) in [6.07, 6.45) is 4.68. The van der Waals surface area contributed by atoms with E-state index in [1.54, 1.807) is 0 Å². The van der Waals surface area contributed by atoms with Gasteiger partial charge in [-0.25, -0.2) is 0 Å². The van der Waals surface area contributed by atoms with E-state index in [2.05, 4.69) is 0 Å². The normalized spacial score (nSPS) is 43.9. The van der Waals surface area contributed by atoms with Gasteiger partial charge < -0.3 is 15.4 Å². The molecule has 0 saturated carbocycles. The molecule has 4 heteroatoms. The molecule has 0 aromatic heterocycles. The van der Waals surface area contributed by atoms with E-state index in [-0.39, 0.29) is 24.0 Å². The molecule has 3 rings (SSSR count). The lowest BCUT2D eigenvalue weighted by Gasteiger charge is -2.24. The molecule has 1 amide bonds. The second-order valence-corrected chi connectivity index (χ2v) is 5.05. The van der Waals surface area contributed by atoms with Crippen molar-refractivity contribution in [3.8, 4) is 0 Å². The molecule has 2 N–H and O–H groups in total. The number of ether oxygens (including phenoxy) is 1. The first-order chi connectivity index (χ1) is 7.24. The molecule has 84 valence electrons. The maximum Gasteiger partial charge on any atom is 0.228 e. The molecule has 4 nitrogen and oxygen atoms in total. The van der Waals surface area contributed by atoms with Crippen molar-refractivity contribution in [2.75, 3.05) is 13.1 Å². The summed E-state index contributed by atoms with van der Waals surface area (Å²) in [5, 5.41) is 0. The zero-order chi connectivity index (χ0) is 10.4. The largest absolute Gasteiger partial charge is 0.374 e. The zero-order valence-corrected chi connectivity index (χ0v) is 8.89. The summed E-state index contributed by atoms with van der Waals surface area (Å²) in [5.74, 6) is 0.421. The monoisotopic (exact) mass is 210 g/mol. The topological polar surface area (TPSA) is 55.6 Å². The van der Waals surface area contributed by atoms with E-state index >= 15 is 0 Å². The summed E-state index contributed by atoms with van der Waals surface area (Å²) >= 11 is 0. The van der Waals surface area contributed by atoms with E-state index in [0.717, 1.165) is 38.8 Å². The van der Waals surface area contributed by atoms with Crippen molar-refractivity contribution < 1.29 is 9.53 Å². The van der Waals surface area contributed by atoms with Crippen LogP contribution in [0.4, 0.5) is 0 Å². The number of carbonyl (C=O) groups is 1. The molecule has 4 unspecified atom stereocenters. The van der Waals surface area contributed by atoms with E-state index < -0.39 is 0 Å². The third kappa shape index (κ3) is 1.56. The van der Waals surface area contributed by atoms with Crippen molar-refractivity contribution >= 4 is 5.91 Å². The average molecular weight is 210 g/mol. The SMILES string of the molecule is NC1CCN(C(=O)C2CC3CCC2O3)C1. The lowest BCUT2D eigenvalue weighted by atomic mass is 9.88. The highest BCUT2D eigenvalue weighted by Gasteiger charge is 2.46. The highest BCUT2D eigenvalue weighted by Crippen LogP contribution is 2.39. The number of nitrogens with zero attached hydrogens (tertiary/aromatic N) is 1. The molecule has 3 aliphatic heterocycles. The number of hydrogen-bond acceptors (Lipinski definition) is 3. The Morgan fingerprint density at radius 1 is 1.33 bits per heavy atom. The Kier molecular flexibility index (Phi) is 2.21. The van der Waals surface area contributed by atoms with Crippen LogP contribution in [0.2, 0.25) is 0 Å². The standard InChI is InChI=1S/C11H18N2O2/c12-7-3-4-13(6-7)11(14)9-5-8-1-2-10(9)15-8/h7-10H,1-6,12H2. The second kappa shape index (κ2) is 3.46. The van der Waals surface area contributed by atoms with E-state index in [1.807, 2.05) is 4.90 Å². The lowest BCUT2D eigenvalue weighted by molar-refractivity contribution is -0.136. The van der Waals surface area contributed by atoms with Gasteiger partial charge in [0.25, 0.3) is 0 Å². The molecule has 0 aromatic carbocycles. The minimum absolute atomic E-state index is 0.133. The van der Waals surface area contributed by atoms with Crippen molar-refractivity contribution in [3.05, 3.63) is 0 Å². The van der Waals surface area contributed by atoms with E-state index in [0.29, 0.717) is 6.10 Å². The first kappa shape index (κ1) is 9.60. The van der Waals surface area contributed by atoms with Crippen LogP contribution in [0.1, 0.15) is 25.7 Å². The third-order valence-corrected chi connectivity index (χ3v) is 3.96. The number of hydrogen-bond donors (Lipinski definition) is 1. The molecular formula is C11H18N2O2. The predicted octanol–water partition coefficient (Wildman–Crippen LogP) is 0.113. The van der Waals surface area contributed by atoms with Gasteiger partial charge >= 0.3 is 0 Å². The van der Waals surface area contributed by atoms with Crippen molar-refractivity contribution in [3.63, 3.8) is 0 Å². The van der Waals surface area contributed by atoms with Crippen LogP contribution in [-0.4, -0.2) is 42.1 Å². The second-order valence-electron chi connectivity index (χ2n) is 5.05. The summed E-state index contributed by atoms with van der Waals surface area (Å²) in [4.78, 5) is 14.1. The highest BCUT2D eigenvalue weighted by molar-refractivity contribution is 5.80. The van der Waals surface area contributed by atoms with Crippen molar-refractivity contribution in [1.29, 1.82) is 0 Å². The van der Waals surface area contributed by atoms with E-state index in [4.69, 9.17) is 10.5 Å². The molecule has 4 atom stereocenters. The molecular weight excluding hydrogens is 192 g/mol. The Morgan fingerprint density at radius 2 is 2.20 bits per heavy atom. The number of carbonyl (C=O) groups excluding carboxylic acids is 1. The van der Waals surface area contributed by atoms with Crippen molar-refractivity contribution in [2.45, 2.75) is 43.9 Å². The van der Waals surface area contributed by atoms with Gasteiger partial charge in [0.2, 0.25) is 5.91 Å². The molecule has 3 heterocycles. The zero-order valence-electron chi connectivity index (χ0n) is 8.89. The number of nitrogens with two attached hydrogens (primary N) is 1. The Morgan fingerprint density at radius 3 is 2.73 bits per heavy atom. The van der Waals surface area contributed by atoms with Gasteiger partial charge in [-0.1, -0.05) is 0 Å². The molecule has 0 aromatic rings. The van der Waals surface area contributed by atoms with Gasteiger partial charge in [0.1, 0.15) is 0 Å². The average Bonchev–Trinajstić information content (AvgIpc) is 2.90. The fourth-order valence-corrected chi connectivity index (χ4v) is 3.12. The van der Waals surface area contributed by atoms with Crippen LogP contribution in [0.3, 0.4) is 0 Å². The molecule has 3 fully saturated rings. The van der Waals surface area contributed by atoms with Crippen LogP contribution in [0.15, 0.2) is 0 Å².